The van der Waals surface area contributed by atoms with Crippen LogP contribution in [0.5, 0.6) is 11.5 Å². The molecule has 25 heavy (non-hydrogen) atoms. The minimum absolute atomic E-state index is 0.301. The van der Waals surface area contributed by atoms with E-state index in [1.165, 1.54) is 12.8 Å². The zero-order chi connectivity index (χ0) is 17.5. The summed E-state index contributed by atoms with van der Waals surface area (Å²) >= 11 is 0. The van der Waals surface area contributed by atoms with Crippen molar-refractivity contribution in [3.8, 4) is 11.5 Å². The van der Waals surface area contributed by atoms with E-state index in [1.807, 2.05) is 48.5 Å². The fourth-order valence-electron chi connectivity index (χ4n) is 3.44. The maximum absolute atomic E-state index is 12.2. The molecule has 0 heterocycles. The summed E-state index contributed by atoms with van der Waals surface area (Å²) in [6, 6.07) is 16.0. The summed E-state index contributed by atoms with van der Waals surface area (Å²) in [7, 11) is 1.65. The Hall–Kier alpha value is -2.29. The molecule has 0 amide bonds. The molecule has 0 unspecified atom stereocenters. The predicted molar refractivity (Wildman–Crippen MR) is 99.1 cm³/mol. The monoisotopic (exact) mass is 338 g/mol. The molecule has 0 aliphatic heterocycles. The van der Waals surface area contributed by atoms with Crippen LogP contribution in [-0.4, -0.2) is 12.9 Å². The van der Waals surface area contributed by atoms with E-state index in [9.17, 15) is 4.79 Å². The zero-order valence-electron chi connectivity index (χ0n) is 14.9. The van der Waals surface area contributed by atoms with E-state index < -0.39 is 0 Å². The van der Waals surface area contributed by atoms with Gasteiger partial charge in [0.25, 0.3) is 0 Å². The molecule has 0 spiro atoms. The third-order valence-electron chi connectivity index (χ3n) is 4.94. The summed E-state index contributed by atoms with van der Waals surface area (Å²) < 4.78 is 11.4. The van der Waals surface area contributed by atoms with Gasteiger partial charge in [0, 0.05) is 12.3 Å². The van der Waals surface area contributed by atoms with Crippen molar-refractivity contribution in [3.05, 3.63) is 59.7 Å². The van der Waals surface area contributed by atoms with Gasteiger partial charge in [-0.25, -0.2) is 0 Å². The van der Waals surface area contributed by atoms with Crippen molar-refractivity contribution in [3.63, 3.8) is 0 Å². The smallest absolute Gasteiger partial charge is 0.161 e. The van der Waals surface area contributed by atoms with E-state index in [-0.39, 0.29) is 0 Å². The first-order valence-corrected chi connectivity index (χ1v) is 9.12. The van der Waals surface area contributed by atoms with Gasteiger partial charge in [-0.2, -0.15) is 0 Å². The van der Waals surface area contributed by atoms with Crippen LogP contribution < -0.4 is 9.47 Å². The van der Waals surface area contributed by atoms with Gasteiger partial charge in [-0.1, -0.05) is 49.2 Å². The highest BCUT2D eigenvalue weighted by molar-refractivity contribution is 5.81. The van der Waals surface area contributed by atoms with Gasteiger partial charge < -0.3 is 9.47 Å². The number of Topliss-reactive ketones (excluding diaryl/α,β-unsaturated/α-hetero) is 1. The first-order valence-electron chi connectivity index (χ1n) is 9.12. The van der Waals surface area contributed by atoms with Gasteiger partial charge in [-0.05, 0) is 42.5 Å². The van der Waals surface area contributed by atoms with E-state index in [1.54, 1.807) is 7.11 Å². The summed E-state index contributed by atoms with van der Waals surface area (Å²) in [6.07, 6.45) is 5.96. The SMILES string of the molecule is COc1cc(CCC(=O)C2CCCC2)ccc1OCc1ccccc1. The number of methoxy groups -OCH3 is 1. The van der Waals surface area contributed by atoms with Crippen molar-refractivity contribution in [2.24, 2.45) is 5.92 Å². The van der Waals surface area contributed by atoms with Gasteiger partial charge in [0.15, 0.2) is 11.5 Å². The molecule has 0 radical (unpaired) electrons. The Bertz CT molecular complexity index is 688. The largest absolute Gasteiger partial charge is 0.493 e. The van der Waals surface area contributed by atoms with Crippen LogP contribution >= 0.6 is 0 Å². The number of ketones is 1. The average Bonchev–Trinajstić information content (AvgIpc) is 3.20. The maximum atomic E-state index is 12.2. The summed E-state index contributed by atoms with van der Waals surface area (Å²) in [5.74, 6) is 2.18. The number of benzene rings is 2. The normalized spacial score (nSPS) is 14.4. The Morgan fingerprint density at radius 2 is 1.76 bits per heavy atom. The highest BCUT2D eigenvalue weighted by atomic mass is 16.5. The third kappa shape index (κ3) is 4.85. The molecule has 3 heteroatoms. The van der Waals surface area contributed by atoms with Crippen molar-refractivity contribution in [1.82, 2.24) is 0 Å². The molecule has 0 saturated heterocycles. The highest BCUT2D eigenvalue weighted by Crippen LogP contribution is 2.30. The third-order valence-corrected chi connectivity index (χ3v) is 4.94. The molecule has 0 atom stereocenters. The molecule has 132 valence electrons. The number of hydrogen-bond acceptors (Lipinski definition) is 3. The van der Waals surface area contributed by atoms with E-state index >= 15 is 0 Å². The van der Waals surface area contributed by atoms with Crippen LogP contribution in [0.15, 0.2) is 48.5 Å². The minimum Gasteiger partial charge on any atom is -0.493 e. The standard InChI is InChI=1S/C22H26O3/c1-24-22-15-17(11-13-20(23)19-9-5-6-10-19)12-14-21(22)25-16-18-7-3-2-4-8-18/h2-4,7-8,12,14-15,19H,5-6,9-11,13,16H2,1H3. The van der Waals surface area contributed by atoms with Gasteiger partial charge in [-0.15, -0.1) is 0 Å². The van der Waals surface area contributed by atoms with Crippen LogP contribution in [0.1, 0.15) is 43.2 Å². The Labute approximate surface area is 150 Å². The summed E-state index contributed by atoms with van der Waals surface area (Å²) in [6.45, 7) is 0.511. The van der Waals surface area contributed by atoms with Crippen LogP contribution in [0, 0.1) is 5.92 Å². The first-order chi connectivity index (χ1) is 12.3. The lowest BCUT2D eigenvalue weighted by Gasteiger charge is -2.13. The molecule has 3 rings (SSSR count). The van der Waals surface area contributed by atoms with Gasteiger partial charge >= 0.3 is 0 Å². The minimum atomic E-state index is 0.301. The molecule has 1 fully saturated rings. The molecule has 0 bridgehead atoms. The van der Waals surface area contributed by atoms with Crippen LogP contribution in [0.2, 0.25) is 0 Å². The average molecular weight is 338 g/mol. The van der Waals surface area contributed by atoms with E-state index in [4.69, 9.17) is 9.47 Å². The summed E-state index contributed by atoms with van der Waals surface area (Å²) in [5.41, 5.74) is 2.24. The van der Waals surface area contributed by atoms with Crippen LogP contribution in [0.3, 0.4) is 0 Å². The van der Waals surface area contributed by atoms with Gasteiger partial charge in [-0.3, -0.25) is 4.79 Å². The van der Waals surface area contributed by atoms with Crippen LogP contribution in [0.4, 0.5) is 0 Å². The Morgan fingerprint density at radius 3 is 2.48 bits per heavy atom. The summed E-state index contributed by atoms with van der Waals surface area (Å²) in [5, 5.41) is 0. The van der Waals surface area contributed by atoms with E-state index in [0.29, 0.717) is 24.7 Å². The molecule has 2 aromatic carbocycles. The predicted octanol–water partition coefficient (Wildman–Crippen LogP) is 4.97. The molecule has 1 aliphatic carbocycles. The zero-order valence-corrected chi connectivity index (χ0v) is 14.9. The summed E-state index contributed by atoms with van der Waals surface area (Å²) in [4.78, 5) is 12.2. The van der Waals surface area contributed by atoms with Crippen molar-refractivity contribution in [2.75, 3.05) is 7.11 Å². The molecule has 0 N–H and O–H groups in total. The number of carbonyl (C=O) groups excluding carboxylic acids is 1. The van der Waals surface area contributed by atoms with Gasteiger partial charge in [0.2, 0.25) is 0 Å². The fraction of sp³-hybridized carbons (Fsp3) is 0.409. The maximum Gasteiger partial charge on any atom is 0.161 e. The molecular formula is C22H26O3. The Morgan fingerprint density at radius 1 is 1.00 bits per heavy atom. The van der Waals surface area contributed by atoms with Crippen LogP contribution in [-0.2, 0) is 17.8 Å². The number of ether oxygens (including phenoxy) is 2. The topological polar surface area (TPSA) is 35.5 Å². The van der Waals surface area contributed by atoms with E-state index in [2.05, 4.69) is 0 Å². The second-order valence-electron chi connectivity index (χ2n) is 6.71. The van der Waals surface area contributed by atoms with E-state index in [0.717, 1.165) is 41.9 Å². The second-order valence-corrected chi connectivity index (χ2v) is 6.71. The molecule has 1 saturated carbocycles. The van der Waals surface area contributed by atoms with Crippen molar-refractivity contribution in [2.45, 2.75) is 45.1 Å². The molecule has 1 aliphatic rings. The van der Waals surface area contributed by atoms with Gasteiger partial charge in [0.1, 0.15) is 12.4 Å². The second kappa shape index (κ2) is 8.70. The molecule has 0 aromatic heterocycles. The lowest BCUT2D eigenvalue weighted by molar-refractivity contribution is -0.122. The number of hydrogen-bond donors (Lipinski definition) is 0. The van der Waals surface area contributed by atoms with Gasteiger partial charge in [0.05, 0.1) is 7.11 Å². The van der Waals surface area contributed by atoms with Crippen molar-refractivity contribution >= 4 is 5.78 Å². The lowest BCUT2D eigenvalue weighted by Crippen LogP contribution is -2.11. The highest BCUT2D eigenvalue weighted by Gasteiger charge is 2.22. The Balaban J connectivity index is 1.58. The first kappa shape index (κ1) is 17.5. The molecular weight excluding hydrogens is 312 g/mol. The number of aryl methyl sites for hydroxylation is 1. The molecule has 3 nitrogen and oxygen atoms in total. The lowest BCUT2D eigenvalue weighted by atomic mass is 9.97. The number of carbonyl (C=O) groups is 1. The van der Waals surface area contributed by atoms with Crippen molar-refractivity contribution < 1.29 is 14.3 Å². The van der Waals surface area contributed by atoms with Crippen LogP contribution in [0.25, 0.3) is 0 Å². The molecule has 2 aromatic rings. The Kier molecular flexibility index (Phi) is 6.10. The fourth-order valence-corrected chi connectivity index (χ4v) is 3.44. The quantitative estimate of drug-likeness (QED) is 0.682. The number of rotatable bonds is 8. The van der Waals surface area contributed by atoms with Crippen molar-refractivity contribution in [1.29, 1.82) is 0 Å².